The third-order valence-corrected chi connectivity index (χ3v) is 6.93. The SMILES string of the molecule is C=CCOc1ccc(-c2coc3c(OCC=C)c(O[C@@H]4O[C@H](COC(C)=O)[C@H](OC(C)=O)[C@H](OC(C)=O)[C@H]4OC(C)=O)ccc3c2=O)cc1. The van der Waals surface area contributed by atoms with Crippen molar-refractivity contribution in [2.45, 2.75) is 58.4 Å². The monoisotopic (exact) mass is 680 g/mol. The van der Waals surface area contributed by atoms with Gasteiger partial charge in [-0.15, -0.1) is 0 Å². The number of ether oxygens (including phenoxy) is 8. The quantitative estimate of drug-likeness (QED) is 0.136. The first-order chi connectivity index (χ1) is 23.4. The molecule has 0 amide bonds. The minimum Gasteiger partial charge on any atom is -0.490 e. The third kappa shape index (κ3) is 9.05. The Morgan fingerprint density at radius 3 is 2.00 bits per heavy atom. The fraction of sp³-hybridized carbons (Fsp3) is 0.343. The Morgan fingerprint density at radius 2 is 1.39 bits per heavy atom. The van der Waals surface area contributed by atoms with Gasteiger partial charge in [0.2, 0.25) is 23.6 Å². The largest absolute Gasteiger partial charge is 0.490 e. The number of fused-ring (bicyclic) bond motifs is 1. The molecule has 0 bridgehead atoms. The number of hydrogen-bond donors (Lipinski definition) is 0. The average molecular weight is 681 g/mol. The highest BCUT2D eigenvalue weighted by Gasteiger charge is 2.53. The van der Waals surface area contributed by atoms with E-state index < -0.39 is 61.2 Å². The van der Waals surface area contributed by atoms with E-state index in [4.69, 9.17) is 42.3 Å². The molecule has 0 radical (unpaired) electrons. The summed E-state index contributed by atoms with van der Waals surface area (Å²) in [4.78, 5) is 61.9. The molecule has 2 aromatic carbocycles. The van der Waals surface area contributed by atoms with Crippen molar-refractivity contribution in [1.82, 2.24) is 0 Å². The van der Waals surface area contributed by atoms with E-state index >= 15 is 0 Å². The number of carbonyl (C=O) groups excluding carboxylic acids is 4. The van der Waals surface area contributed by atoms with Crippen molar-refractivity contribution in [1.29, 1.82) is 0 Å². The molecule has 1 aliphatic heterocycles. The molecule has 1 aliphatic rings. The Kier molecular flexibility index (Phi) is 12.2. The van der Waals surface area contributed by atoms with Crippen molar-refractivity contribution in [3.8, 4) is 28.4 Å². The van der Waals surface area contributed by atoms with Crippen LogP contribution in [0.1, 0.15) is 27.7 Å². The number of rotatable bonds is 14. The van der Waals surface area contributed by atoms with Gasteiger partial charge in [0, 0.05) is 27.7 Å². The third-order valence-electron chi connectivity index (χ3n) is 6.93. The maximum atomic E-state index is 13.7. The van der Waals surface area contributed by atoms with Gasteiger partial charge < -0.3 is 42.3 Å². The van der Waals surface area contributed by atoms with Gasteiger partial charge >= 0.3 is 23.9 Å². The van der Waals surface area contributed by atoms with Crippen LogP contribution in [-0.4, -0.2) is 74.4 Å². The van der Waals surface area contributed by atoms with Gasteiger partial charge in [0.25, 0.3) is 0 Å². The molecule has 2 heterocycles. The Labute approximate surface area is 281 Å². The van der Waals surface area contributed by atoms with Crippen LogP contribution in [0.4, 0.5) is 0 Å². The van der Waals surface area contributed by atoms with Crippen LogP contribution in [0.25, 0.3) is 22.1 Å². The van der Waals surface area contributed by atoms with Crippen LogP contribution in [0.15, 0.2) is 77.2 Å². The first-order valence-corrected chi connectivity index (χ1v) is 15.1. The lowest BCUT2D eigenvalue weighted by molar-refractivity contribution is -0.288. The Bertz CT molecular complexity index is 1760. The zero-order chi connectivity index (χ0) is 35.7. The fourth-order valence-corrected chi connectivity index (χ4v) is 5.02. The topological polar surface area (TPSA) is 172 Å². The molecule has 0 spiro atoms. The molecule has 3 aromatic rings. The van der Waals surface area contributed by atoms with Crippen molar-refractivity contribution < 1.29 is 61.5 Å². The first kappa shape index (κ1) is 36.2. The van der Waals surface area contributed by atoms with E-state index in [2.05, 4.69) is 13.2 Å². The summed E-state index contributed by atoms with van der Waals surface area (Å²) in [5, 5.41) is 0.150. The molecular weight excluding hydrogens is 644 g/mol. The smallest absolute Gasteiger partial charge is 0.303 e. The van der Waals surface area contributed by atoms with Crippen molar-refractivity contribution in [2.75, 3.05) is 19.8 Å². The molecule has 260 valence electrons. The highest BCUT2D eigenvalue weighted by Crippen LogP contribution is 2.39. The Morgan fingerprint density at radius 1 is 0.776 bits per heavy atom. The van der Waals surface area contributed by atoms with Crippen molar-refractivity contribution >= 4 is 34.8 Å². The number of esters is 4. The van der Waals surface area contributed by atoms with E-state index in [1.54, 1.807) is 30.3 Å². The second-order valence-electron chi connectivity index (χ2n) is 10.7. The molecule has 49 heavy (non-hydrogen) atoms. The highest BCUT2D eigenvalue weighted by atomic mass is 16.7. The summed E-state index contributed by atoms with van der Waals surface area (Å²) < 4.78 is 51.1. The van der Waals surface area contributed by atoms with Gasteiger partial charge in [0.1, 0.15) is 37.9 Å². The normalized spacial score (nSPS) is 20.0. The lowest BCUT2D eigenvalue weighted by Gasteiger charge is -2.44. The summed E-state index contributed by atoms with van der Waals surface area (Å²) in [6, 6.07) is 9.73. The van der Waals surface area contributed by atoms with Gasteiger partial charge in [0.15, 0.2) is 23.5 Å². The van der Waals surface area contributed by atoms with E-state index in [-0.39, 0.29) is 40.1 Å². The molecule has 1 saturated heterocycles. The predicted molar refractivity (Wildman–Crippen MR) is 172 cm³/mol. The predicted octanol–water partition coefficient (Wildman–Crippen LogP) is 4.05. The number of hydrogen-bond acceptors (Lipinski definition) is 14. The number of carbonyl (C=O) groups is 4. The van der Waals surface area contributed by atoms with Crippen molar-refractivity contribution in [2.24, 2.45) is 0 Å². The van der Waals surface area contributed by atoms with Crippen LogP contribution in [0.2, 0.25) is 0 Å². The summed E-state index contributed by atoms with van der Waals surface area (Å²) in [6.07, 6.45) is -2.80. The van der Waals surface area contributed by atoms with Crippen LogP contribution in [-0.2, 0) is 42.9 Å². The van der Waals surface area contributed by atoms with Crippen molar-refractivity contribution in [3.63, 3.8) is 0 Å². The average Bonchev–Trinajstić information content (AvgIpc) is 3.05. The molecule has 0 N–H and O–H groups in total. The van der Waals surface area contributed by atoms with Gasteiger partial charge in [-0.2, -0.15) is 0 Å². The zero-order valence-electron chi connectivity index (χ0n) is 27.3. The Balaban J connectivity index is 1.79. The second kappa shape index (κ2) is 16.5. The van der Waals surface area contributed by atoms with Crippen molar-refractivity contribution in [3.05, 3.63) is 78.2 Å². The minimum atomic E-state index is -1.56. The van der Waals surface area contributed by atoms with Gasteiger partial charge in [-0.05, 0) is 29.8 Å². The van der Waals surface area contributed by atoms with E-state index in [0.29, 0.717) is 17.9 Å². The second-order valence-corrected chi connectivity index (χ2v) is 10.7. The summed E-state index contributed by atoms with van der Waals surface area (Å²) in [6.45, 7) is 11.6. The van der Waals surface area contributed by atoms with Gasteiger partial charge in [-0.3, -0.25) is 24.0 Å². The van der Waals surface area contributed by atoms with E-state index in [0.717, 1.165) is 27.7 Å². The van der Waals surface area contributed by atoms with E-state index in [1.165, 1.54) is 24.5 Å². The molecule has 0 saturated carbocycles. The summed E-state index contributed by atoms with van der Waals surface area (Å²) in [5.74, 6) is -2.52. The van der Waals surface area contributed by atoms with Crippen LogP contribution in [0.5, 0.6) is 17.2 Å². The molecule has 1 fully saturated rings. The number of benzene rings is 2. The Hall–Kier alpha value is -5.63. The lowest BCUT2D eigenvalue weighted by Crippen LogP contribution is -2.63. The summed E-state index contributed by atoms with van der Waals surface area (Å²) >= 11 is 0. The first-order valence-electron chi connectivity index (χ1n) is 15.1. The molecule has 4 rings (SSSR count). The standard InChI is InChI=1S/C35H36O14/c1-7-15-41-24-11-9-23(10-12-24)26-17-44-30-25(29(26)40)13-14-27(31(30)42-16-8-2)48-35-34(47-22(6)39)33(46-21(5)38)32(45-20(4)37)28(49-35)18-43-19(3)36/h7-14,17,28,32-35H,1-2,15-16,18H2,3-6H3/t28-,32+,33+,34-,35-/m1/s1. The molecule has 0 aliphatic carbocycles. The highest BCUT2D eigenvalue weighted by molar-refractivity contribution is 5.88. The minimum absolute atomic E-state index is 0.0182. The zero-order valence-corrected chi connectivity index (χ0v) is 27.3. The van der Waals surface area contributed by atoms with Crippen LogP contribution in [0.3, 0.4) is 0 Å². The van der Waals surface area contributed by atoms with Gasteiger partial charge in [-0.25, -0.2) is 0 Å². The lowest BCUT2D eigenvalue weighted by atomic mass is 9.98. The van der Waals surface area contributed by atoms with E-state index in [1.807, 2.05) is 0 Å². The fourth-order valence-electron chi connectivity index (χ4n) is 5.02. The molecule has 0 unspecified atom stereocenters. The molecule has 14 nitrogen and oxygen atoms in total. The van der Waals surface area contributed by atoms with Crippen LogP contribution >= 0.6 is 0 Å². The van der Waals surface area contributed by atoms with Crippen LogP contribution in [0, 0.1) is 0 Å². The maximum absolute atomic E-state index is 13.7. The molecule has 14 heteroatoms. The van der Waals surface area contributed by atoms with Gasteiger partial charge in [-0.1, -0.05) is 37.4 Å². The van der Waals surface area contributed by atoms with Crippen LogP contribution < -0.4 is 19.6 Å². The van der Waals surface area contributed by atoms with Gasteiger partial charge in [0.05, 0.1) is 10.9 Å². The maximum Gasteiger partial charge on any atom is 0.303 e. The molecule has 5 atom stereocenters. The summed E-state index contributed by atoms with van der Waals surface area (Å²) in [5.41, 5.74) is 0.492. The summed E-state index contributed by atoms with van der Waals surface area (Å²) in [7, 11) is 0. The molecule has 1 aromatic heterocycles. The molecular formula is C35H36O14. The van der Waals surface area contributed by atoms with E-state index in [9.17, 15) is 24.0 Å².